The van der Waals surface area contributed by atoms with E-state index in [9.17, 15) is 9.59 Å². The van der Waals surface area contributed by atoms with E-state index in [1.54, 1.807) is 0 Å². The predicted octanol–water partition coefficient (Wildman–Crippen LogP) is 2.53. The van der Waals surface area contributed by atoms with Gasteiger partial charge in [-0.05, 0) is 31.6 Å². The zero-order chi connectivity index (χ0) is 15.6. The van der Waals surface area contributed by atoms with Crippen molar-refractivity contribution in [3.05, 3.63) is 0 Å². The molecule has 0 aromatic carbocycles. The monoisotopic (exact) mass is 294 g/mol. The van der Waals surface area contributed by atoms with Crippen LogP contribution in [-0.2, 0) is 9.59 Å². The van der Waals surface area contributed by atoms with Crippen LogP contribution in [0.5, 0.6) is 0 Å². The molecule has 0 aromatic rings. The van der Waals surface area contributed by atoms with E-state index in [4.69, 9.17) is 0 Å². The molecule has 0 N–H and O–H groups in total. The summed E-state index contributed by atoms with van der Waals surface area (Å²) in [7, 11) is 0. The molecule has 2 rings (SSSR count). The first-order valence-electron chi connectivity index (χ1n) is 8.37. The van der Waals surface area contributed by atoms with Gasteiger partial charge in [-0.3, -0.25) is 9.59 Å². The molecule has 0 saturated carbocycles. The van der Waals surface area contributed by atoms with Crippen LogP contribution >= 0.6 is 0 Å². The van der Waals surface area contributed by atoms with Crippen LogP contribution in [0, 0.1) is 17.3 Å². The van der Waals surface area contributed by atoms with Crippen molar-refractivity contribution in [2.75, 3.05) is 26.2 Å². The van der Waals surface area contributed by atoms with Crippen LogP contribution in [0.1, 0.15) is 53.4 Å². The second-order valence-electron chi connectivity index (χ2n) is 7.85. The summed E-state index contributed by atoms with van der Waals surface area (Å²) in [5, 5.41) is 0. The van der Waals surface area contributed by atoms with Gasteiger partial charge in [0.15, 0.2) is 0 Å². The third kappa shape index (κ3) is 3.98. The van der Waals surface area contributed by atoms with Gasteiger partial charge in [0, 0.05) is 31.6 Å². The number of likely N-dealkylation sites (tertiary alicyclic amines) is 2. The van der Waals surface area contributed by atoms with Crippen molar-refractivity contribution >= 4 is 11.8 Å². The van der Waals surface area contributed by atoms with E-state index in [1.165, 1.54) is 0 Å². The molecule has 0 bridgehead atoms. The summed E-state index contributed by atoms with van der Waals surface area (Å²) in [6, 6.07) is 0. The Bertz CT molecular complexity index is 392. The van der Waals surface area contributed by atoms with E-state index < -0.39 is 0 Å². The van der Waals surface area contributed by atoms with Gasteiger partial charge in [-0.25, -0.2) is 0 Å². The van der Waals surface area contributed by atoms with Crippen molar-refractivity contribution in [2.45, 2.75) is 53.4 Å². The summed E-state index contributed by atoms with van der Waals surface area (Å²) in [5.74, 6) is 1.19. The topological polar surface area (TPSA) is 40.6 Å². The Kier molecular flexibility index (Phi) is 4.95. The molecule has 2 aliphatic rings. The van der Waals surface area contributed by atoms with Gasteiger partial charge in [-0.15, -0.1) is 0 Å². The van der Waals surface area contributed by atoms with Crippen molar-refractivity contribution in [1.29, 1.82) is 0 Å². The summed E-state index contributed by atoms with van der Waals surface area (Å²) < 4.78 is 0. The highest BCUT2D eigenvalue weighted by atomic mass is 16.2. The molecule has 0 radical (unpaired) electrons. The fourth-order valence-electron chi connectivity index (χ4n) is 3.32. The van der Waals surface area contributed by atoms with E-state index in [0.29, 0.717) is 6.54 Å². The Hall–Kier alpha value is -1.06. The van der Waals surface area contributed by atoms with E-state index in [2.05, 4.69) is 6.92 Å². The first-order valence-corrected chi connectivity index (χ1v) is 8.37. The highest BCUT2D eigenvalue weighted by molar-refractivity contribution is 5.84. The van der Waals surface area contributed by atoms with Gasteiger partial charge in [0.25, 0.3) is 0 Å². The second kappa shape index (κ2) is 6.37. The second-order valence-corrected chi connectivity index (χ2v) is 7.85. The van der Waals surface area contributed by atoms with E-state index in [-0.39, 0.29) is 23.1 Å². The molecule has 4 heteroatoms. The molecule has 21 heavy (non-hydrogen) atoms. The standard InChI is InChI=1S/C17H30N2O2/c1-13-7-10-18(11-8-13)15(20)14-6-5-9-19(12-14)16(21)17(2,3)4/h13-14H,5-12H2,1-4H3. The molecule has 0 aliphatic carbocycles. The normalized spacial score (nSPS) is 25.0. The number of rotatable bonds is 1. The smallest absolute Gasteiger partial charge is 0.227 e. The Morgan fingerprint density at radius 2 is 1.57 bits per heavy atom. The number of carbonyl (C=O) groups is 2. The minimum absolute atomic E-state index is 0.0125. The number of piperidine rings is 2. The highest BCUT2D eigenvalue weighted by Crippen LogP contribution is 2.26. The van der Waals surface area contributed by atoms with E-state index in [1.807, 2.05) is 30.6 Å². The van der Waals surface area contributed by atoms with Gasteiger partial charge < -0.3 is 9.80 Å². The number of hydrogen-bond donors (Lipinski definition) is 0. The average molecular weight is 294 g/mol. The SMILES string of the molecule is CC1CCN(C(=O)C2CCCN(C(=O)C(C)(C)C)C2)CC1. The predicted molar refractivity (Wildman–Crippen MR) is 83.7 cm³/mol. The van der Waals surface area contributed by atoms with Crippen LogP contribution in [0.4, 0.5) is 0 Å². The molecule has 1 atom stereocenters. The minimum atomic E-state index is -0.356. The van der Waals surface area contributed by atoms with Gasteiger partial charge >= 0.3 is 0 Å². The van der Waals surface area contributed by atoms with Crippen molar-refractivity contribution in [1.82, 2.24) is 9.80 Å². The van der Waals surface area contributed by atoms with Gasteiger partial charge in [0.2, 0.25) is 11.8 Å². The van der Waals surface area contributed by atoms with Crippen LogP contribution in [0.15, 0.2) is 0 Å². The van der Waals surface area contributed by atoms with Gasteiger partial charge in [0.05, 0.1) is 5.92 Å². The Morgan fingerprint density at radius 3 is 2.14 bits per heavy atom. The van der Waals surface area contributed by atoms with Crippen molar-refractivity contribution in [2.24, 2.45) is 17.3 Å². The molecule has 0 aromatic heterocycles. The summed E-state index contributed by atoms with van der Waals surface area (Å²) in [6.45, 7) is 11.3. The maximum Gasteiger partial charge on any atom is 0.227 e. The zero-order valence-corrected chi connectivity index (χ0v) is 14.0. The van der Waals surface area contributed by atoms with Crippen LogP contribution in [0.2, 0.25) is 0 Å². The van der Waals surface area contributed by atoms with Crippen LogP contribution in [-0.4, -0.2) is 47.8 Å². The number of carbonyl (C=O) groups excluding carboxylic acids is 2. The average Bonchev–Trinajstić information content (AvgIpc) is 2.45. The lowest BCUT2D eigenvalue weighted by Crippen LogP contribution is -2.50. The quantitative estimate of drug-likeness (QED) is 0.745. The van der Waals surface area contributed by atoms with Crippen LogP contribution in [0.25, 0.3) is 0 Å². The fourth-order valence-corrected chi connectivity index (χ4v) is 3.32. The van der Waals surface area contributed by atoms with Gasteiger partial charge in [-0.2, -0.15) is 0 Å². The van der Waals surface area contributed by atoms with Crippen molar-refractivity contribution in [3.8, 4) is 0 Å². The molecule has 2 heterocycles. The van der Waals surface area contributed by atoms with E-state index >= 15 is 0 Å². The maximum absolute atomic E-state index is 12.7. The molecule has 1 unspecified atom stereocenters. The van der Waals surface area contributed by atoms with Crippen molar-refractivity contribution < 1.29 is 9.59 Å². The molecular formula is C17H30N2O2. The lowest BCUT2D eigenvalue weighted by molar-refractivity contribution is -0.145. The Morgan fingerprint density at radius 1 is 0.952 bits per heavy atom. The third-order valence-corrected chi connectivity index (χ3v) is 4.79. The highest BCUT2D eigenvalue weighted by Gasteiger charge is 2.35. The molecule has 2 fully saturated rings. The number of hydrogen-bond acceptors (Lipinski definition) is 2. The first-order chi connectivity index (χ1) is 9.79. The molecule has 120 valence electrons. The summed E-state index contributed by atoms with van der Waals surface area (Å²) in [4.78, 5) is 29.0. The molecule has 2 aliphatic heterocycles. The lowest BCUT2D eigenvalue weighted by Gasteiger charge is -2.39. The summed E-state index contributed by atoms with van der Waals surface area (Å²) >= 11 is 0. The van der Waals surface area contributed by atoms with E-state index in [0.717, 1.165) is 51.2 Å². The molecule has 0 spiro atoms. The fraction of sp³-hybridized carbons (Fsp3) is 0.882. The van der Waals surface area contributed by atoms with Gasteiger partial charge in [-0.1, -0.05) is 27.7 Å². The number of amides is 2. The van der Waals surface area contributed by atoms with Crippen LogP contribution in [0.3, 0.4) is 0 Å². The van der Waals surface area contributed by atoms with Gasteiger partial charge in [0.1, 0.15) is 0 Å². The Balaban J connectivity index is 1.94. The molecule has 4 nitrogen and oxygen atoms in total. The maximum atomic E-state index is 12.7. The number of nitrogens with zero attached hydrogens (tertiary/aromatic N) is 2. The lowest BCUT2D eigenvalue weighted by atomic mass is 9.90. The largest absolute Gasteiger partial charge is 0.342 e. The molecular weight excluding hydrogens is 264 g/mol. The van der Waals surface area contributed by atoms with Crippen LogP contribution < -0.4 is 0 Å². The molecule has 2 amide bonds. The minimum Gasteiger partial charge on any atom is -0.342 e. The summed E-state index contributed by atoms with van der Waals surface area (Å²) in [5.41, 5.74) is -0.356. The molecule has 2 saturated heterocycles. The Labute approximate surface area is 128 Å². The van der Waals surface area contributed by atoms with Crippen molar-refractivity contribution in [3.63, 3.8) is 0 Å². The zero-order valence-electron chi connectivity index (χ0n) is 14.0. The third-order valence-electron chi connectivity index (χ3n) is 4.79. The first kappa shape index (κ1) is 16.3. The summed E-state index contributed by atoms with van der Waals surface area (Å²) in [6.07, 6.45) is 4.10.